The Morgan fingerprint density at radius 1 is 1.04 bits per heavy atom. The highest BCUT2D eigenvalue weighted by Crippen LogP contribution is 2.12. The van der Waals surface area contributed by atoms with Crippen LogP contribution in [-0.2, 0) is 22.7 Å². The van der Waals surface area contributed by atoms with Crippen LogP contribution in [0.4, 0.5) is 0 Å². The molecule has 2 aromatic rings. The van der Waals surface area contributed by atoms with Crippen LogP contribution in [0.1, 0.15) is 17.5 Å². The van der Waals surface area contributed by atoms with Crippen molar-refractivity contribution in [3.05, 3.63) is 65.7 Å². The fourth-order valence-corrected chi connectivity index (χ4v) is 2.50. The standard InChI is InChI=1S/C21H28N2O3/c1-23(13-6-14-25-2)16-21(24)22-15-18-9-11-19(12-10-18)17-26-20-7-4-3-5-8-20/h3-5,7-12H,6,13-17H2,1-2H3,(H,22,24). The van der Waals surface area contributed by atoms with Crippen LogP contribution in [0, 0.1) is 0 Å². The van der Waals surface area contributed by atoms with E-state index in [4.69, 9.17) is 9.47 Å². The number of nitrogens with zero attached hydrogens (tertiary/aromatic N) is 1. The van der Waals surface area contributed by atoms with Crippen LogP contribution in [-0.4, -0.2) is 44.7 Å². The summed E-state index contributed by atoms with van der Waals surface area (Å²) >= 11 is 0. The monoisotopic (exact) mass is 356 g/mol. The molecule has 0 saturated carbocycles. The summed E-state index contributed by atoms with van der Waals surface area (Å²) in [5.41, 5.74) is 2.17. The summed E-state index contributed by atoms with van der Waals surface area (Å²) in [6.07, 6.45) is 0.923. The Morgan fingerprint density at radius 2 is 1.73 bits per heavy atom. The summed E-state index contributed by atoms with van der Waals surface area (Å²) in [5, 5.41) is 2.95. The van der Waals surface area contributed by atoms with E-state index < -0.39 is 0 Å². The average Bonchev–Trinajstić information content (AvgIpc) is 2.66. The van der Waals surface area contributed by atoms with Crippen LogP contribution in [0.25, 0.3) is 0 Å². The summed E-state index contributed by atoms with van der Waals surface area (Å²) < 4.78 is 10.7. The minimum atomic E-state index is 0.0291. The molecule has 0 fully saturated rings. The second-order valence-corrected chi connectivity index (χ2v) is 6.28. The van der Waals surface area contributed by atoms with Gasteiger partial charge in [-0.25, -0.2) is 0 Å². The van der Waals surface area contributed by atoms with Crippen molar-refractivity contribution in [1.29, 1.82) is 0 Å². The van der Waals surface area contributed by atoms with Crippen LogP contribution in [0.15, 0.2) is 54.6 Å². The zero-order valence-electron chi connectivity index (χ0n) is 15.6. The normalized spacial score (nSPS) is 10.7. The smallest absolute Gasteiger partial charge is 0.234 e. The minimum Gasteiger partial charge on any atom is -0.489 e. The number of likely N-dealkylation sites (N-methyl/N-ethyl adjacent to an activating group) is 1. The maximum Gasteiger partial charge on any atom is 0.234 e. The van der Waals surface area contributed by atoms with E-state index in [-0.39, 0.29) is 5.91 Å². The highest BCUT2D eigenvalue weighted by molar-refractivity contribution is 5.77. The van der Waals surface area contributed by atoms with Crippen molar-refractivity contribution in [3.8, 4) is 5.75 Å². The van der Waals surface area contributed by atoms with Gasteiger partial charge in [-0.05, 0) is 36.7 Å². The summed E-state index contributed by atoms with van der Waals surface area (Å²) in [7, 11) is 3.63. The van der Waals surface area contributed by atoms with Crippen molar-refractivity contribution in [2.75, 3.05) is 33.9 Å². The van der Waals surface area contributed by atoms with Crippen LogP contribution < -0.4 is 10.1 Å². The number of amides is 1. The van der Waals surface area contributed by atoms with Gasteiger partial charge in [-0.15, -0.1) is 0 Å². The summed E-state index contributed by atoms with van der Waals surface area (Å²) in [5.74, 6) is 0.889. The Labute approximate surface area is 155 Å². The fourth-order valence-electron chi connectivity index (χ4n) is 2.50. The van der Waals surface area contributed by atoms with Gasteiger partial charge in [0.05, 0.1) is 6.54 Å². The van der Waals surface area contributed by atoms with Gasteiger partial charge in [-0.1, -0.05) is 42.5 Å². The lowest BCUT2D eigenvalue weighted by molar-refractivity contribution is -0.122. The lowest BCUT2D eigenvalue weighted by atomic mass is 10.1. The molecule has 26 heavy (non-hydrogen) atoms. The van der Waals surface area contributed by atoms with Crippen molar-refractivity contribution in [2.24, 2.45) is 0 Å². The molecular formula is C21H28N2O3. The predicted octanol–water partition coefficient (Wildman–Crippen LogP) is 2.85. The number of nitrogens with one attached hydrogen (secondary N) is 1. The average molecular weight is 356 g/mol. The third-order valence-corrected chi connectivity index (χ3v) is 3.96. The van der Waals surface area contributed by atoms with E-state index in [1.165, 1.54) is 0 Å². The number of carbonyl (C=O) groups excluding carboxylic acids is 1. The molecule has 1 amide bonds. The quantitative estimate of drug-likeness (QED) is 0.629. The first-order chi connectivity index (χ1) is 12.7. The molecule has 0 atom stereocenters. The Hall–Kier alpha value is -2.37. The molecule has 0 aliphatic carbocycles. The second kappa shape index (κ2) is 11.3. The van der Waals surface area contributed by atoms with Gasteiger partial charge in [-0.2, -0.15) is 0 Å². The van der Waals surface area contributed by atoms with Crippen LogP contribution in [0.5, 0.6) is 5.75 Å². The molecule has 0 heterocycles. The van der Waals surface area contributed by atoms with Crippen molar-refractivity contribution in [1.82, 2.24) is 10.2 Å². The molecular weight excluding hydrogens is 328 g/mol. The molecule has 2 aromatic carbocycles. The summed E-state index contributed by atoms with van der Waals surface area (Å²) in [6, 6.07) is 17.9. The number of hydrogen-bond acceptors (Lipinski definition) is 4. The maximum absolute atomic E-state index is 12.0. The Bertz CT molecular complexity index is 644. The highest BCUT2D eigenvalue weighted by Gasteiger charge is 2.06. The van der Waals surface area contributed by atoms with Gasteiger partial charge >= 0.3 is 0 Å². The molecule has 140 valence electrons. The highest BCUT2D eigenvalue weighted by atomic mass is 16.5. The molecule has 0 aromatic heterocycles. The number of rotatable bonds is 11. The van der Waals surface area contributed by atoms with Gasteiger partial charge in [0.1, 0.15) is 12.4 Å². The first-order valence-corrected chi connectivity index (χ1v) is 8.87. The lowest BCUT2D eigenvalue weighted by Gasteiger charge is -2.16. The maximum atomic E-state index is 12.0. The SMILES string of the molecule is COCCCN(C)CC(=O)NCc1ccc(COc2ccccc2)cc1. The topological polar surface area (TPSA) is 50.8 Å². The molecule has 0 aliphatic heterocycles. The zero-order chi connectivity index (χ0) is 18.6. The Morgan fingerprint density at radius 3 is 2.42 bits per heavy atom. The summed E-state index contributed by atoms with van der Waals surface area (Å²) in [6.45, 7) is 3.02. The first-order valence-electron chi connectivity index (χ1n) is 8.87. The molecule has 0 aliphatic rings. The minimum absolute atomic E-state index is 0.0291. The molecule has 0 radical (unpaired) electrons. The molecule has 2 rings (SSSR count). The number of hydrogen-bond donors (Lipinski definition) is 1. The predicted molar refractivity (Wildman–Crippen MR) is 103 cm³/mol. The molecule has 0 unspecified atom stereocenters. The fraction of sp³-hybridized carbons (Fsp3) is 0.381. The zero-order valence-corrected chi connectivity index (χ0v) is 15.6. The van der Waals surface area contributed by atoms with Gasteiger partial charge in [0.15, 0.2) is 0 Å². The van der Waals surface area contributed by atoms with Crippen molar-refractivity contribution in [2.45, 2.75) is 19.6 Å². The number of ether oxygens (including phenoxy) is 2. The van der Waals surface area contributed by atoms with Gasteiger partial charge in [-0.3, -0.25) is 9.69 Å². The van der Waals surface area contributed by atoms with Gasteiger partial charge in [0, 0.05) is 26.8 Å². The van der Waals surface area contributed by atoms with Crippen LogP contribution >= 0.6 is 0 Å². The Balaban J connectivity index is 1.69. The van der Waals surface area contributed by atoms with Crippen LogP contribution in [0.3, 0.4) is 0 Å². The van der Waals surface area contributed by atoms with Crippen LogP contribution in [0.2, 0.25) is 0 Å². The number of para-hydroxylation sites is 1. The molecule has 5 nitrogen and oxygen atoms in total. The lowest BCUT2D eigenvalue weighted by Crippen LogP contribution is -2.35. The van der Waals surface area contributed by atoms with Gasteiger partial charge in [0.25, 0.3) is 0 Å². The van der Waals surface area contributed by atoms with E-state index in [2.05, 4.69) is 5.32 Å². The van der Waals surface area contributed by atoms with Crippen molar-refractivity contribution < 1.29 is 14.3 Å². The number of methoxy groups -OCH3 is 1. The van der Waals surface area contributed by atoms with E-state index in [0.29, 0.717) is 26.3 Å². The molecule has 1 N–H and O–H groups in total. The number of carbonyl (C=O) groups is 1. The number of benzene rings is 2. The second-order valence-electron chi connectivity index (χ2n) is 6.28. The third kappa shape index (κ3) is 7.68. The van der Waals surface area contributed by atoms with Gasteiger partial charge in [0.2, 0.25) is 5.91 Å². The van der Waals surface area contributed by atoms with Crippen molar-refractivity contribution in [3.63, 3.8) is 0 Å². The third-order valence-electron chi connectivity index (χ3n) is 3.96. The molecule has 0 saturated heterocycles. The van der Waals surface area contributed by atoms with E-state index in [1.54, 1.807) is 7.11 Å². The van der Waals surface area contributed by atoms with E-state index in [0.717, 1.165) is 29.8 Å². The molecule has 0 bridgehead atoms. The molecule has 5 heteroatoms. The summed E-state index contributed by atoms with van der Waals surface area (Å²) in [4.78, 5) is 14.0. The Kier molecular flexibility index (Phi) is 8.66. The first kappa shape index (κ1) is 19.9. The van der Waals surface area contributed by atoms with E-state index >= 15 is 0 Å². The van der Waals surface area contributed by atoms with Gasteiger partial charge < -0.3 is 14.8 Å². The molecule has 0 spiro atoms. The van der Waals surface area contributed by atoms with E-state index in [9.17, 15) is 4.79 Å². The van der Waals surface area contributed by atoms with Crippen molar-refractivity contribution >= 4 is 5.91 Å². The van der Waals surface area contributed by atoms with E-state index in [1.807, 2.05) is 66.5 Å². The largest absolute Gasteiger partial charge is 0.489 e.